The average molecular weight is 365 g/mol. The molecule has 2 nitrogen and oxygen atoms in total. The van der Waals surface area contributed by atoms with Crippen molar-refractivity contribution in [3.05, 3.63) is 34.4 Å². The summed E-state index contributed by atoms with van der Waals surface area (Å²) < 4.78 is 40.7. The summed E-state index contributed by atoms with van der Waals surface area (Å²) in [6.45, 7) is 8.31. The predicted octanol–water partition coefficient (Wildman–Crippen LogP) is 4.69. The van der Waals surface area contributed by atoms with Crippen LogP contribution in [0.25, 0.3) is 0 Å². The van der Waals surface area contributed by atoms with E-state index in [0.717, 1.165) is 18.9 Å². The summed E-state index contributed by atoms with van der Waals surface area (Å²) >= 11 is 0. The number of carbonyl (C=O) groups excluding carboxylic acids is 1. The maximum Gasteiger partial charge on any atom is 0.417 e. The van der Waals surface area contributed by atoms with Gasteiger partial charge in [0.15, 0.2) is 0 Å². The minimum atomic E-state index is -4.56. The fourth-order valence-electron chi connectivity index (χ4n) is 3.20. The summed E-state index contributed by atoms with van der Waals surface area (Å²) in [4.78, 5) is 14.3. The molecule has 0 spiro atoms. The third-order valence-electron chi connectivity index (χ3n) is 4.72. The van der Waals surface area contributed by atoms with Crippen molar-refractivity contribution >= 4 is 14.0 Å². The topological polar surface area (TPSA) is 20.3 Å². The Labute approximate surface area is 147 Å². The highest BCUT2D eigenvalue weighted by molar-refractivity contribution is 6.83. The van der Waals surface area contributed by atoms with E-state index in [1.54, 1.807) is 11.0 Å². The van der Waals surface area contributed by atoms with Crippen molar-refractivity contribution in [2.24, 2.45) is 5.92 Å². The molecule has 1 atom stereocenters. The Kier molecular flexibility index (Phi) is 4.27. The lowest BCUT2D eigenvalue weighted by Crippen LogP contribution is -2.35. The quantitative estimate of drug-likeness (QED) is 0.550. The third kappa shape index (κ3) is 3.76. The molecule has 1 heterocycles. The Morgan fingerprint density at radius 2 is 1.88 bits per heavy atom. The van der Waals surface area contributed by atoms with Crippen LogP contribution in [0.4, 0.5) is 13.2 Å². The molecule has 3 rings (SSSR count). The number of amides is 1. The van der Waals surface area contributed by atoms with E-state index in [0.29, 0.717) is 17.0 Å². The first-order chi connectivity index (χ1) is 11.5. The predicted molar refractivity (Wildman–Crippen MR) is 93.7 cm³/mol. The highest BCUT2D eigenvalue weighted by Gasteiger charge is 2.44. The fourth-order valence-corrected chi connectivity index (χ4v) is 3.72. The van der Waals surface area contributed by atoms with Crippen LogP contribution in [0.2, 0.25) is 19.6 Å². The lowest BCUT2D eigenvalue weighted by Gasteiger charge is -2.24. The van der Waals surface area contributed by atoms with E-state index in [-0.39, 0.29) is 18.2 Å². The first-order valence-corrected chi connectivity index (χ1v) is 12.1. The van der Waals surface area contributed by atoms with Gasteiger partial charge in [0.1, 0.15) is 8.07 Å². The minimum Gasteiger partial charge on any atom is -0.331 e. The van der Waals surface area contributed by atoms with Crippen LogP contribution in [0.3, 0.4) is 0 Å². The van der Waals surface area contributed by atoms with E-state index in [9.17, 15) is 18.0 Å². The Bertz CT molecular complexity index is 779. The van der Waals surface area contributed by atoms with E-state index in [4.69, 9.17) is 0 Å². The molecular formula is C19H22F3NOSi. The van der Waals surface area contributed by atoms with Gasteiger partial charge in [0.25, 0.3) is 5.91 Å². The maximum absolute atomic E-state index is 13.6. The van der Waals surface area contributed by atoms with Gasteiger partial charge < -0.3 is 4.90 Å². The molecule has 1 fully saturated rings. The molecule has 0 bridgehead atoms. The molecule has 1 aromatic rings. The average Bonchev–Trinajstić information content (AvgIpc) is 3.27. The van der Waals surface area contributed by atoms with Gasteiger partial charge in [-0.25, -0.2) is 0 Å². The summed E-state index contributed by atoms with van der Waals surface area (Å²) in [5.74, 6) is 2.82. The van der Waals surface area contributed by atoms with Gasteiger partial charge in [-0.05, 0) is 43.4 Å². The number of rotatable bonds is 2. The van der Waals surface area contributed by atoms with Gasteiger partial charge in [-0.2, -0.15) is 13.2 Å². The second-order valence-corrected chi connectivity index (χ2v) is 12.8. The molecular weight excluding hydrogens is 343 g/mol. The van der Waals surface area contributed by atoms with Crippen LogP contribution in [0.5, 0.6) is 0 Å². The SMILES string of the molecule is C[C@@H](C1CC1)N1Cc2cc(C#C[Si](C)(C)C)cc(C(F)(F)F)c2C1=O. The highest BCUT2D eigenvalue weighted by atomic mass is 28.3. The zero-order chi connectivity index (χ0) is 18.6. The van der Waals surface area contributed by atoms with Crippen molar-refractivity contribution in [2.45, 2.75) is 58.2 Å². The van der Waals surface area contributed by atoms with E-state index in [1.807, 2.05) is 26.6 Å². The lowest BCUT2D eigenvalue weighted by molar-refractivity contribution is -0.138. The number of hydrogen-bond donors (Lipinski definition) is 0. The second-order valence-electron chi connectivity index (χ2n) is 8.07. The van der Waals surface area contributed by atoms with Crippen molar-refractivity contribution in [1.82, 2.24) is 4.90 Å². The maximum atomic E-state index is 13.6. The molecule has 1 amide bonds. The Balaban J connectivity index is 2.05. The lowest BCUT2D eigenvalue weighted by atomic mass is 9.99. The number of halogens is 3. The molecule has 6 heteroatoms. The molecule has 0 N–H and O–H groups in total. The number of benzene rings is 1. The number of hydrogen-bond acceptors (Lipinski definition) is 1. The molecule has 0 radical (unpaired) electrons. The summed E-state index contributed by atoms with van der Waals surface area (Å²) in [5.41, 5.74) is 2.88. The number of fused-ring (bicyclic) bond motifs is 1. The van der Waals surface area contributed by atoms with E-state index < -0.39 is 25.7 Å². The molecule has 0 aromatic heterocycles. The van der Waals surface area contributed by atoms with Crippen LogP contribution < -0.4 is 0 Å². The molecule has 1 aromatic carbocycles. The van der Waals surface area contributed by atoms with Gasteiger partial charge in [-0.15, -0.1) is 5.54 Å². The Morgan fingerprint density at radius 1 is 1.24 bits per heavy atom. The summed E-state index contributed by atoms with van der Waals surface area (Å²) in [6, 6.07) is 2.68. The van der Waals surface area contributed by atoms with Crippen LogP contribution in [-0.2, 0) is 12.7 Å². The van der Waals surface area contributed by atoms with Crippen LogP contribution in [0.1, 0.15) is 46.8 Å². The van der Waals surface area contributed by atoms with Crippen molar-refractivity contribution < 1.29 is 18.0 Å². The molecule has 1 saturated carbocycles. The van der Waals surface area contributed by atoms with Gasteiger partial charge in [-0.3, -0.25) is 4.79 Å². The standard InChI is InChI=1S/C19H22F3NOSi/c1-12(14-5-6-14)23-11-15-9-13(7-8-25(2,3)4)10-16(19(20,21)22)17(15)18(23)24/h9-10,12,14H,5-6,11H2,1-4H3/t12-/m0/s1. The van der Waals surface area contributed by atoms with Crippen molar-refractivity contribution in [1.29, 1.82) is 0 Å². The molecule has 1 aliphatic carbocycles. The molecule has 25 heavy (non-hydrogen) atoms. The van der Waals surface area contributed by atoms with E-state index >= 15 is 0 Å². The van der Waals surface area contributed by atoms with Gasteiger partial charge in [0.2, 0.25) is 0 Å². The monoisotopic (exact) mass is 365 g/mol. The van der Waals surface area contributed by atoms with Gasteiger partial charge >= 0.3 is 6.18 Å². The van der Waals surface area contributed by atoms with Crippen LogP contribution in [0, 0.1) is 17.4 Å². The summed E-state index contributed by atoms with van der Waals surface area (Å²) in [7, 11) is -1.70. The van der Waals surface area contributed by atoms with Crippen molar-refractivity contribution in [3.63, 3.8) is 0 Å². The second kappa shape index (κ2) is 5.91. The van der Waals surface area contributed by atoms with Crippen molar-refractivity contribution in [2.75, 3.05) is 0 Å². The normalized spacial score (nSPS) is 18.7. The van der Waals surface area contributed by atoms with E-state index in [1.165, 1.54) is 0 Å². The first-order valence-electron chi connectivity index (χ1n) is 8.55. The number of carbonyl (C=O) groups is 1. The largest absolute Gasteiger partial charge is 0.417 e. The van der Waals surface area contributed by atoms with Crippen molar-refractivity contribution in [3.8, 4) is 11.5 Å². The van der Waals surface area contributed by atoms with E-state index in [2.05, 4.69) is 11.5 Å². The first kappa shape index (κ1) is 18.1. The molecule has 2 aliphatic rings. The van der Waals surface area contributed by atoms with Gasteiger partial charge in [-0.1, -0.05) is 25.6 Å². The molecule has 134 valence electrons. The Morgan fingerprint density at radius 3 is 2.40 bits per heavy atom. The van der Waals surface area contributed by atoms with Crippen LogP contribution >= 0.6 is 0 Å². The smallest absolute Gasteiger partial charge is 0.331 e. The summed E-state index contributed by atoms with van der Waals surface area (Å²) in [5, 5.41) is 0. The van der Waals surface area contributed by atoms with Gasteiger partial charge in [0.05, 0.1) is 11.1 Å². The number of nitrogens with zero attached hydrogens (tertiary/aromatic N) is 1. The van der Waals surface area contributed by atoms with Gasteiger partial charge in [0, 0.05) is 18.2 Å². The van der Waals surface area contributed by atoms with Crippen LogP contribution in [0.15, 0.2) is 12.1 Å². The molecule has 1 aliphatic heterocycles. The molecule has 0 saturated heterocycles. The molecule has 0 unspecified atom stereocenters. The minimum absolute atomic E-state index is 0.0162. The zero-order valence-corrected chi connectivity index (χ0v) is 15.9. The third-order valence-corrected chi connectivity index (χ3v) is 5.59. The zero-order valence-electron chi connectivity index (χ0n) is 14.9. The van der Waals surface area contributed by atoms with Crippen LogP contribution in [-0.4, -0.2) is 24.9 Å². The Hall–Kier alpha value is -1.74. The summed E-state index contributed by atoms with van der Waals surface area (Å²) in [6.07, 6.45) is -2.48. The highest BCUT2D eigenvalue weighted by Crippen LogP contribution is 2.42. The number of alkyl halides is 3. The fraction of sp³-hybridized carbons (Fsp3) is 0.526.